The summed E-state index contributed by atoms with van der Waals surface area (Å²) in [5.41, 5.74) is 7.68. The number of nitrogens with zero attached hydrogens (tertiary/aromatic N) is 4. The van der Waals surface area contributed by atoms with Crippen molar-refractivity contribution in [3.05, 3.63) is 129 Å². The molecule has 2 atom stereocenters. The van der Waals surface area contributed by atoms with E-state index in [0.717, 1.165) is 55.4 Å². The molecule has 2 amide bonds. The molecule has 48 heavy (non-hydrogen) atoms. The number of piperazine rings is 1. The smallest absolute Gasteiger partial charge is 0.255 e. The summed E-state index contributed by atoms with van der Waals surface area (Å²) in [7, 11) is 0. The fourth-order valence-electron chi connectivity index (χ4n) is 6.92. The van der Waals surface area contributed by atoms with Crippen LogP contribution in [-0.4, -0.2) is 56.8 Å². The second-order valence-corrected chi connectivity index (χ2v) is 13.5. The van der Waals surface area contributed by atoms with Gasteiger partial charge < -0.3 is 9.80 Å². The lowest BCUT2D eigenvalue weighted by atomic mass is 9.94. The normalized spacial score (nSPS) is 16.5. The standard InChI is InChI=1S/C40H34Cl2N4O2/c1-23-21-46(40(48)36-26(4)38(28-15-19-30(42)20-16-28)44-34-12-8-6-10-32(34)36)24(2)22-45(23)39(47)35-25(3)37(27-13-17-29(41)18-14-27)43-33-11-7-5-9-31(33)35/h5-20,23-24H,21-22H2,1-4H3. The van der Waals surface area contributed by atoms with Crippen LogP contribution in [0.4, 0.5) is 0 Å². The SMILES string of the molecule is Cc1c(-c2ccc(Cl)cc2)nc2ccccc2c1C(=O)N1CC(C)N(C(=O)c2c(C)c(-c3ccc(Cl)cc3)nc3ccccc23)CC1C. The third-order valence-corrected chi connectivity index (χ3v) is 9.95. The monoisotopic (exact) mass is 672 g/mol. The minimum Gasteiger partial charge on any atom is -0.332 e. The summed E-state index contributed by atoms with van der Waals surface area (Å²) in [6.07, 6.45) is 0. The Bertz CT molecular complexity index is 2060. The van der Waals surface area contributed by atoms with Crippen molar-refractivity contribution in [2.45, 2.75) is 39.8 Å². The van der Waals surface area contributed by atoms with Gasteiger partial charge in [-0.1, -0.05) is 83.9 Å². The van der Waals surface area contributed by atoms with Gasteiger partial charge in [0.15, 0.2) is 0 Å². The number of para-hydroxylation sites is 2. The molecule has 2 aromatic heterocycles. The molecule has 0 bridgehead atoms. The summed E-state index contributed by atoms with van der Waals surface area (Å²) >= 11 is 12.4. The number of aromatic nitrogens is 2. The largest absolute Gasteiger partial charge is 0.332 e. The number of fused-ring (bicyclic) bond motifs is 2. The molecule has 8 heteroatoms. The molecule has 1 saturated heterocycles. The highest BCUT2D eigenvalue weighted by molar-refractivity contribution is 6.31. The summed E-state index contributed by atoms with van der Waals surface area (Å²) in [6.45, 7) is 8.73. The molecule has 2 unspecified atom stereocenters. The number of carbonyl (C=O) groups is 2. The maximum absolute atomic E-state index is 14.6. The predicted octanol–water partition coefficient (Wildman–Crippen LogP) is 9.42. The van der Waals surface area contributed by atoms with Crippen molar-refractivity contribution in [3.63, 3.8) is 0 Å². The third-order valence-electron chi connectivity index (χ3n) is 9.44. The zero-order valence-corrected chi connectivity index (χ0v) is 28.7. The predicted molar refractivity (Wildman–Crippen MR) is 195 cm³/mol. The Kier molecular flexibility index (Phi) is 8.40. The van der Waals surface area contributed by atoms with E-state index < -0.39 is 0 Å². The van der Waals surface area contributed by atoms with Gasteiger partial charge in [0.25, 0.3) is 11.8 Å². The molecular formula is C40H34Cl2N4O2. The third kappa shape index (κ3) is 5.59. The van der Waals surface area contributed by atoms with E-state index in [-0.39, 0.29) is 23.9 Å². The van der Waals surface area contributed by atoms with Crippen molar-refractivity contribution in [1.82, 2.24) is 19.8 Å². The Labute approximate surface area is 289 Å². The van der Waals surface area contributed by atoms with Gasteiger partial charge in [0, 0.05) is 57.1 Å². The van der Waals surface area contributed by atoms with Gasteiger partial charge in [0.1, 0.15) is 0 Å². The molecule has 4 aromatic carbocycles. The summed E-state index contributed by atoms with van der Waals surface area (Å²) in [5, 5.41) is 2.90. The molecule has 1 aliphatic rings. The molecule has 0 saturated carbocycles. The highest BCUT2D eigenvalue weighted by Gasteiger charge is 2.37. The van der Waals surface area contributed by atoms with E-state index in [4.69, 9.17) is 33.2 Å². The first-order valence-corrected chi connectivity index (χ1v) is 16.8. The molecule has 1 aliphatic heterocycles. The number of amides is 2. The van der Waals surface area contributed by atoms with Crippen LogP contribution in [0.1, 0.15) is 45.7 Å². The quantitative estimate of drug-likeness (QED) is 0.187. The van der Waals surface area contributed by atoms with E-state index in [1.54, 1.807) is 0 Å². The number of carbonyl (C=O) groups excluding carboxylic acids is 2. The first kappa shape index (κ1) is 31.8. The number of benzene rings is 4. The molecule has 6 nitrogen and oxygen atoms in total. The summed E-state index contributed by atoms with van der Waals surface area (Å²) in [4.78, 5) is 42.9. The van der Waals surface area contributed by atoms with Crippen LogP contribution in [0.15, 0.2) is 97.1 Å². The highest BCUT2D eigenvalue weighted by Crippen LogP contribution is 2.35. The average Bonchev–Trinajstić information content (AvgIpc) is 3.09. The number of hydrogen-bond acceptors (Lipinski definition) is 4. The van der Waals surface area contributed by atoms with Gasteiger partial charge in [-0.25, -0.2) is 9.97 Å². The number of hydrogen-bond donors (Lipinski definition) is 0. The van der Waals surface area contributed by atoms with E-state index >= 15 is 0 Å². The topological polar surface area (TPSA) is 66.4 Å². The van der Waals surface area contributed by atoms with Crippen LogP contribution in [-0.2, 0) is 0 Å². The van der Waals surface area contributed by atoms with Crippen LogP contribution >= 0.6 is 23.2 Å². The van der Waals surface area contributed by atoms with Gasteiger partial charge in [-0.2, -0.15) is 0 Å². The maximum Gasteiger partial charge on any atom is 0.255 e. The zero-order chi connectivity index (χ0) is 33.7. The Morgan fingerprint density at radius 2 is 0.938 bits per heavy atom. The van der Waals surface area contributed by atoms with E-state index in [1.807, 2.05) is 135 Å². The highest BCUT2D eigenvalue weighted by atomic mass is 35.5. The summed E-state index contributed by atoms with van der Waals surface area (Å²) in [5.74, 6) is -0.133. The van der Waals surface area contributed by atoms with Crippen LogP contribution in [0, 0.1) is 13.8 Å². The molecule has 0 aliphatic carbocycles. The number of pyridine rings is 2. The Morgan fingerprint density at radius 1 is 0.583 bits per heavy atom. The Morgan fingerprint density at radius 3 is 1.31 bits per heavy atom. The molecule has 240 valence electrons. The van der Waals surface area contributed by atoms with Crippen LogP contribution in [0.5, 0.6) is 0 Å². The van der Waals surface area contributed by atoms with Gasteiger partial charge in [0.2, 0.25) is 0 Å². The van der Waals surface area contributed by atoms with Crippen molar-refractivity contribution in [2.24, 2.45) is 0 Å². The maximum atomic E-state index is 14.6. The van der Waals surface area contributed by atoms with Crippen molar-refractivity contribution in [2.75, 3.05) is 13.1 Å². The molecule has 3 heterocycles. The van der Waals surface area contributed by atoms with Gasteiger partial charge in [-0.05, 0) is 75.2 Å². The molecule has 7 rings (SSSR count). The Balaban J connectivity index is 1.24. The lowest BCUT2D eigenvalue weighted by Gasteiger charge is -2.44. The first-order chi connectivity index (χ1) is 23.1. The molecule has 0 spiro atoms. The Hall–Kier alpha value is -4.78. The molecular weight excluding hydrogens is 639 g/mol. The molecule has 1 fully saturated rings. The average molecular weight is 674 g/mol. The van der Waals surface area contributed by atoms with Crippen LogP contribution in [0.2, 0.25) is 10.0 Å². The minimum atomic E-state index is -0.230. The fourth-order valence-corrected chi connectivity index (χ4v) is 7.18. The number of halogens is 2. The molecule has 6 aromatic rings. The minimum absolute atomic E-state index is 0.0664. The van der Waals surface area contributed by atoms with E-state index in [9.17, 15) is 9.59 Å². The van der Waals surface area contributed by atoms with Crippen LogP contribution < -0.4 is 0 Å². The molecule has 0 radical (unpaired) electrons. The summed E-state index contributed by atoms with van der Waals surface area (Å²) in [6, 6.07) is 30.1. The van der Waals surface area contributed by atoms with Crippen molar-refractivity contribution >= 4 is 56.8 Å². The van der Waals surface area contributed by atoms with E-state index in [0.29, 0.717) is 34.3 Å². The lowest BCUT2D eigenvalue weighted by molar-refractivity contribution is 0.0271. The number of rotatable bonds is 4. The zero-order valence-electron chi connectivity index (χ0n) is 27.2. The van der Waals surface area contributed by atoms with E-state index in [1.165, 1.54) is 0 Å². The first-order valence-electron chi connectivity index (χ1n) is 16.0. The summed E-state index contributed by atoms with van der Waals surface area (Å²) < 4.78 is 0. The van der Waals surface area contributed by atoms with Gasteiger partial charge in [-0.15, -0.1) is 0 Å². The van der Waals surface area contributed by atoms with Gasteiger partial charge in [0.05, 0.1) is 33.5 Å². The fraction of sp³-hybridized carbons (Fsp3) is 0.200. The van der Waals surface area contributed by atoms with Gasteiger partial charge >= 0.3 is 0 Å². The van der Waals surface area contributed by atoms with Gasteiger partial charge in [-0.3, -0.25) is 9.59 Å². The van der Waals surface area contributed by atoms with Crippen LogP contribution in [0.25, 0.3) is 44.3 Å². The van der Waals surface area contributed by atoms with Crippen LogP contribution in [0.3, 0.4) is 0 Å². The second kappa shape index (κ2) is 12.7. The van der Waals surface area contributed by atoms with E-state index in [2.05, 4.69) is 0 Å². The lowest BCUT2D eigenvalue weighted by Crippen LogP contribution is -2.59. The van der Waals surface area contributed by atoms with Crippen molar-refractivity contribution < 1.29 is 9.59 Å². The second-order valence-electron chi connectivity index (χ2n) is 12.6. The van der Waals surface area contributed by atoms with Crippen molar-refractivity contribution in [3.8, 4) is 22.5 Å². The molecule has 0 N–H and O–H groups in total. The van der Waals surface area contributed by atoms with Crippen molar-refractivity contribution in [1.29, 1.82) is 0 Å².